The van der Waals surface area contributed by atoms with Crippen LogP contribution in [0, 0.1) is 0 Å². The molecule has 1 aliphatic rings. The molecule has 0 saturated heterocycles. The van der Waals surface area contributed by atoms with Gasteiger partial charge in [-0.15, -0.1) is 15.7 Å². The Morgan fingerprint density at radius 1 is 1.10 bits per heavy atom. The molecule has 0 saturated carbocycles. The maximum Gasteiger partial charge on any atom is 0.282 e. The van der Waals surface area contributed by atoms with Crippen LogP contribution in [0.5, 0.6) is 0 Å². The number of aliphatic hydroxyl groups excluding tert-OH is 1. The normalized spacial score (nSPS) is 13.0. The van der Waals surface area contributed by atoms with Crippen LogP contribution in [-0.2, 0) is 17.8 Å². The maximum atomic E-state index is 12.2. The summed E-state index contributed by atoms with van der Waals surface area (Å²) in [6, 6.07) is 9.74. The van der Waals surface area contributed by atoms with Crippen molar-refractivity contribution in [2.75, 3.05) is 19.7 Å². The molecule has 0 spiro atoms. The van der Waals surface area contributed by atoms with E-state index in [1.165, 1.54) is 11.3 Å². The Hall–Kier alpha value is -3.02. The molecule has 5 N–H and O–H groups in total. The molecular formula is C19H25N7O3S. The number of aliphatic hydroxyl groups is 1. The van der Waals surface area contributed by atoms with Gasteiger partial charge in [-0.25, -0.2) is 0 Å². The van der Waals surface area contributed by atoms with E-state index in [1.54, 1.807) is 6.20 Å². The van der Waals surface area contributed by atoms with Crippen molar-refractivity contribution in [3.8, 4) is 0 Å². The lowest BCUT2D eigenvalue weighted by Gasteiger charge is -2.14. The van der Waals surface area contributed by atoms with Gasteiger partial charge in [0.25, 0.3) is 11.8 Å². The van der Waals surface area contributed by atoms with Gasteiger partial charge in [0.15, 0.2) is 0 Å². The maximum absolute atomic E-state index is 12.2. The third-order valence-electron chi connectivity index (χ3n) is 4.26. The lowest BCUT2D eigenvalue weighted by Crippen LogP contribution is -2.39. The number of hydrogen-bond acceptors (Lipinski definition) is 9. The van der Waals surface area contributed by atoms with E-state index in [2.05, 4.69) is 31.8 Å². The molecule has 2 heterocycles. The second kappa shape index (κ2) is 11.2. The zero-order chi connectivity index (χ0) is 21.2. The number of carbonyl (C=O) groups is 2. The Bertz CT molecular complexity index is 872. The van der Waals surface area contributed by atoms with Gasteiger partial charge in [0, 0.05) is 32.3 Å². The molecule has 0 fully saturated rings. The van der Waals surface area contributed by atoms with Gasteiger partial charge >= 0.3 is 0 Å². The van der Waals surface area contributed by atoms with E-state index < -0.39 is 0 Å². The SMILES string of the molecule is O=C(NCc1ccccc1)C1=CN(CCCCc2nnc(C(=O)NCCO)s2)NN1. The first-order valence-electron chi connectivity index (χ1n) is 9.69. The first-order chi connectivity index (χ1) is 14.7. The van der Waals surface area contributed by atoms with Crippen LogP contribution >= 0.6 is 11.3 Å². The molecule has 1 aromatic carbocycles. The van der Waals surface area contributed by atoms with E-state index in [4.69, 9.17) is 5.11 Å². The highest BCUT2D eigenvalue weighted by atomic mass is 32.1. The molecule has 160 valence electrons. The number of aryl methyl sites for hydroxylation is 1. The molecule has 30 heavy (non-hydrogen) atoms. The predicted octanol–water partition coefficient (Wildman–Crippen LogP) is 0.0655. The summed E-state index contributed by atoms with van der Waals surface area (Å²) in [4.78, 5) is 24.0. The summed E-state index contributed by atoms with van der Waals surface area (Å²) in [7, 11) is 0. The third kappa shape index (κ3) is 6.51. The average Bonchev–Trinajstić information content (AvgIpc) is 3.44. The molecule has 0 aliphatic carbocycles. The topological polar surface area (TPSA) is 132 Å². The molecule has 2 amide bonds. The van der Waals surface area contributed by atoms with Gasteiger partial charge in [0.1, 0.15) is 10.7 Å². The van der Waals surface area contributed by atoms with Crippen LogP contribution in [-0.4, -0.2) is 51.8 Å². The Balaban J connectivity index is 1.35. The summed E-state index contributed by atoms with van der Waals surface area (Å²) in [6.07, 6.45) is 4.21. The number of amides is 2. The van der Waals surface area contributed by atoms with E-state index in [0.29, 0.717) is 23.8 Å². The first-order valence-corrected chi connectivity index (χ1v) is 10.5. The predicted molar refractivity (Wildman–Crippen MR) is 112 cm³/mol. The number of hydrogen-bond donors (Lipinski definition) is 5. The van der Waals surface area contributed by atoms with Crippen LogP contribution in [0.4, 0.5) is 0 Å². The fourth-order valence-corrected chi connectivity index (χ4v) is 3.51. The van der Waals surface area contributed by atoms with E-state index >= 15 is 0 Å². The molecule has 10 nitrogen and oxygen atoms in total. The Morgan fingerprint density at radius 2 is 1.93 bits per heavy atom. The van der Waals surface area contributed by atoms with E-state index in [9.17, 15) is 9.59 Å². The minimum atomic E-state index is -0.316. The summed E-state index contributed by atoms with van der Waals surface area (Å²) < 4.78 is 0. The summed E-state index contributed by atoms with van der Waals surface area (Å²) in [5.41, 5.74) is 7.34. The Morgan fingerprint density at radius 3 is 2.73 bits per heavy atom. The lowest BCUT2D eigenvalue weighted by molar-refractivity contribution is -0.118. The number of unbranched alkanes of at least 4 members (excludes halogenated alkanes) is 1. The minimum absolute atomic E-state index is 0.109. The van der Waals surface area contributed by atoms with Crippen molar-refractivity contribution in [1.82, 2.24) is 36.8 Å². The molecule has 0 atom stereocenters. The molecule has 1 aromatic heterocycles. The van der Waals surface area contributed by atoms with Crippen LogP contribution in [0.1, 0.15) is 33.2 Å². The van der Waals surface area contributed by atoms with Crippen LogP contribution in [0.15, 0.2) is 42.2 Å². The molecule has 3 rings (SSSR count). The number of carbonyl (C=O) groups excluding carboxylic acids is 2. The Labute approximate surface area is 178 Å². The largest absolute Gasteiger partial charge is 0.395 e. The van der Waals surface area contributed by atoms with Gasteiger partial charge in [-0.1, -0.05) is 41.7 Å². The fourth-order valence-electron chi connectivity index (χ4n) is 2.71. The second-order valence-corrected chi connectivity index (χ2v) is 7.64. The zero-order valence-electron chi connectivity index (χ0n) is 16.4. The standard InChI is InChI=1S/C19H25N7O3S/c27-11-9-20-18(29)19-24-23-16(30-19)8-4-5-10-26-13-15(22-25-26)17(28)21-12-14-6-2-1-3-7-14/h1-3,6-7,13,22,25,27H,4-5,8-12H2,(H,20,29)(H,21,28). The number of benzene rings is 1. The van der Waals surface area contributed by atoms with E-state index in [1.807, 2.05) is 35.3 Å². The zero-order valence-corrected chi connectivity index (χ0v) is 17.2. The summed E-state index contributed by atoms with van der Waals surface area (Å²) in [5, 5.41) is 25.0. The number of nitrogens with one attached hydrogen (secondary N) is 4. The van der Waals surface area contributed by atoms with Gasteiger partial charge in [-0.3, -0.25) is 20.0 Å². The molecule has 0 bridgehead atoms. The van der Waals surface area contributed by atoms with Gasteiger partial charge in [-0.05, 0) is 18.4 Å². The molecule has 2 aromatic rings. The third-order valence-corrected chi connectivity index (χ3v) is 5.24. The van der Waals surface area contributed by atoms with Gasteiger partial charge in [0.2, 0.25) is 5.01 Å². The first kappa shape index (κ1) is 21.7. The van der Waals surface area contributed by atoms with Gasteiger partial charge in [0.05, 0.1) is 6.61 Å². The molecule has 11 heteroatoms. The summed E-state index contributed by atoms with van der Waals surface area (Å²) >= 11 is 1.26. The monoisotopic (exact) mass is 431 g/mol. The van der Waals surface area contributed by atoms with Gasteiger partial charge < -0.3 is 15.7 Å². The number of hydrazine groups is 2. The van der Waals surface area contributed by atoms with Crippen molar-refractivity contribution in [2.45, 2.75) is 25.8 Å². The van der Waals surface area contributed by atoms with Crippen LogP contribution in [0.3, 0.4) is 0 Å². The molecular weight excluding hydrogens is 406 g/mol. The van der Waals surface area contributed by atoms with Crippen molar-refractivity contribution >= 4 is 23.2 Å². The fraction of sp³-hybridized carbons (Fsp3) is 0.368. The number of rotatable bonds is 11. The van der Waals surface area contributed by atoms with Crippen molar-refractivity contribution in [3.05, 3.63) is 57.8 Å². The minimum Gasteiger partial charge on any atom is -0.395 e. The van der Waals surface area contributed by atoms with Crippen molar-refractivity contribution in [1.29, 1.82) is 0 Å². The highest BCUT2D eigenvalue weighted by molar-refractivity contribution is 7.13. The lowest BCUT2D eigenvalue weighted by atomic mass is 10.2. The molecule has 0 radical (unpaired) electrons. The highest BCUT2D eigenvalue weighted by Gasteiger charge is 2.17. The summed E-state index contributed by atoms with van der Waals surface area (Å²) in [6.45, 7) is 1.28. The van der Waals surface area contributed by atoms with E-state index in [0.717, 1.165) is 29.8 Å². The number of aromatic nitrogens is 2. The summed E-state index contributed by atoms with van der Waals surface area (Å²) in [5.74, 6) is -0.488. The van der Waals surface area contributed by atoms with Crippen molar-refractivity contribution in [2.24, 2.45) is 0 Å². The highest BCUT2D eigenvalue weighted by Crippen LogP contribution is 2.13. The van der Waals surface area contributed by atoms with Crippen molar-refractivity contribution < 1.29 is 14.7 Å². The smallest absolute Gasteiger partial charge is 0.282 e. The van der Waals surface area contributed by atoms with Crippen LogP contribution in [0.25, 0.3) is 0 Å². The molecule has 0 unspecified atom stereocenters. The Kier molecular flexibility index (Phi) is 8.12. The van der Waals surface area contributed by atoms with Crippen LogP contribution < -0.4 is 21.6 Å². The van der Waals surface area contributed by atoms with Gasteiger partial charge in [-0.2, -0.15) is 0 Å². The number of nitrogens with zero attached hydrogens (tertiary/aromatic N) is 3. The van der Waals surface area contributed by atoms with Crippen LogP contribution in [0.2, 0.25) is 0 Å². The van der Waals surface area contributed by atoms with Crippen molar-refractivity contribution in [3.63, 3.8) is 0 Å². The van der Waals surface area contributed by atoms with E-state index in [-0.39, 0.29) is 25.0 Å². The second-order valence-electron chi connectivity index (χ2n) is 6.58. The molecule has 1 aliphatic heterocycles. The average molecular weight is 432 g/mol. The quantitative estimate of drug-likeness (QED) is 0.316.